The lowest BCUT2D eigenvalue weighted by Crippen LogP contribution is -1.67. The van der Waals surface area contributed by atoms with Crippen molar-refractivity contribution in [3.8, 4) is 11.5 Å². The molecule has 0 aliphatic heterocycles. The second-order valence-corrected chi connectivity index (χ2v) is 2.47. The minimum atomic E-state index is 0.907. The number of thiazole rings is 1. The normalized spacial score (nSPS) is 8.00. The van der Waals surface area contributed by atoms with Crippen LogP contribution in [0.2, 0.25) is 0 Å². The van der Waals surface area contributed by atoms with E-state index in [9.17, 15) is 0 Å². The smallest absolute Gasteiger partial charge is 0.123 e. The van der Waals surface area contributed by atoms with Gasteiger partial charge in [0.25, 0.3) is 0 Å². The number of aromatic nitrogens is 1. The van der Waals surface area contributed by atoms with E-state index >= 15 is 0 Å². The maximum absolute atomic E-state index is 3.97. The average Bonchev–Trinajstić information content (AvgIpc) is 2.19. The van der Waals surface area contributed by atoms with E-state index in [1.165, 1.54) is 0 Å². The molecule has 0 aliphatic rings. The van der Waals surface area contributed by atoms with Gasteiger partial charge in [0.1, 0.15) is 5.69 Å². The Labute approximate surface area is 55.2 Å². The van der Waals surface area contributed by atoms with Gasteiger partial charge in [0.15, 0.2) is 0 Å². The molecule has 1 nitrogen and oxygen atoms in total. The Balaban J connectivity index is 2.88. The molecule has 0 atom stereocenters. The van der Waals surface area contributed by atoms with E-state index in [1.54, 1.807) is 16.8 Å². The highest BCUT2D eigenvalue weighted by molar-refractivity contribution is 7.07. The average molecular weight is 139 g/mol. The Kier molecular flexibility index (Phi) is 1.84. The van der Waals surface area contributed by atoms with Crippen LogP contribution in [0.3, 0.4) is 0 Å². The zero-order valence-corrected chi connectivity index (χ0v) is 7.33. The van der Waals surface area contributed by atoms with Crippen LogP contribution < -0.4 is 0 Å². The van der Waals surface area contributed by atoms with Gasteiger partial charge in [0, 0.05) is 5.38 Å². The number of hydrogen-bond donors (Lipinski definition) is 0. The van der Waals surface area contributed by atoms with E-state index < -0.39 is 0 Å². The van der Waals surface area contributed by atoms with Gasteiger partial charge in [-0.05, 0) is 0 Å². The Morgan fingerprint density at radius 1 is 1.75 bits per heavy atom. The summed E-state index contributed by atoms with van der Waals surface area (Å²) >= 11 is 1.58. The van der Waals surface area contributed by atoms with Crippen molar-refractivity contribution in [3.05, 3.63) is 16.6 Å². The van der Waals surface area contributed by atoms with Crippen molar-refractivity contribution in [2.45, 2.75) is 0 Å². The van der Waals surface area contributed by atoms with Crippen LogP contribution in [0.4, 0.5) is 0 Å². The minimum absolute atomic E-state index is 0.907. The van der Waals surface area contributed by atoms with Crippen LogP contribution in [0.5, 0.6) is 0 Å². The van der Waals surface area contributed by atoms with Gasteiger partial charge in [-0.25, -0.2) is 4.98 Å². The van der Waals surface area contributed by atoms with E-state index in [1.807, 2.05) is 5.38 Å². The van der Waals surface area contributed by atoms with Crippen LogP contribution in [-0.2, 0) is 0 Å². The standard InChI is InChI=1S/C5H5NSSi/c8-2-1-5-3-7-4-6-5/h3-4H,8H3. The fraction of sp³-hybridized carbons (Fsp3) is 0. The first-order chi connectivity index (χ1) is 3.93. The van der Waals surface area contributed by atoms with Crippen molar-refractivity contribution in [3.63, 3.8) is 0 Å². The molecule has 0 amide bonds. The maximum atomic E-state index is 3.97. The van der Waals surface area contributed by atoms with Crippen LogP contribution in [0.1, 0.15) is 5.69 Å². The molecular weight excluding hydrogens is 134 g/mol. The number of rotatable bonds is 0. The molecule has 0 unspecified atom stereocenters. The third-order valence-corrected chi connectivity index (χ3v) is 1.52. The fourth-order valence-corrected chi connectivity index (χ4v) is 1.14. The molecule has 1 heterocycles. The Bertz CT molecular complexity index is 206. The lowest BCUT2D eigenvalue weighted by molar-refractivity contribution is 1.38. The molecular formula is C5H5NSSi. The largest absolute Gasteiger partial charge is 0.236 e. The number of nitrogens with zero attached hydrogens (tertiary/aromatic N) is 1. The second kappa shape index (κ2) is 2.65. The van der Waals surface area contributed by atoms with Gasteiger partial charge in [0.2, 0.25) is 0 Å². The van der Waals surface area contributed by atoms with E-state index in [0.717, 1.165) is 15.9 Å². The Hall–Kier alpha value is -0.593. The van der Waals surface area contributed by atoms with Gasteiger partial charge in [0.05, 0.1) is 15.8 Å². The van der Waals surface area contributed by atoms with Gasteiger partial charge >= 0.3 is 0 Å². The highest BCUT2D eigenvalue weighted by atomic mass is 32.1. The van der Waals surface area contributed by atoms with Crippen molar-refractivity contribution in [2.75, 3.05) is 0 Å². The van der Waals surface area contributed by atoms with Crippen molar-refractivity contribution in [2.24, 2.45) is 0 Å². The molecule has 1 aromatic rings. The van der Waals surface area contributed by atoms with Gasteiger partial charge < -0.3 is 0 Å². The maximum Gasteiger partial charge on any atom is 0.123 e. The van der Waals surface area contributed by atoms with Gasteiger partial charge in [-0.15, -0.1) is 16.9 Å². The molecule has 0 aliphatic carbocycles. The lowest BCUT2D eigenvalue weighted by atomic mass is 10.5. The van der Waals surface area contributed by atoms with Gasteiger partial charge in [-0.3, -0.25) is 0 Å². The summed E-state index contributed by atoms with van der Waals surface area (Å²) < 4.78 is 0. The van der Waals surface area contributed by atoms with Crippen LogP contribution in [-0.4, -0.2) is 15.2 Å². The molecule has 0 radical (unpaired) electrons. The minimum Gasteiger partial charge on any atom is -0.236 e. The molecule has 0 saturated carbocycles. The highest BCUT2D eigenvalue weighted by Crippen LogP contribution is 1.96. The Morgan fingerprint density at radius 2 is 2.62 bits per heavy atom. The van der Waals surface area contributed by atoms with Gasteiger partial charge in [-0.2, -0.15) is 0 Å². The van der Waals surface area contributed by atoms with Crippen LogP contribution in [0.25, 0.3) is 0 Å². The summed E-state index contributed by atoms with van der Waals surface area (Å²) in [5, 5.41) is 1.95. The second-order valence-electron chi connectivity index (χ2n) is 1.25. The van der Waals surface area contributed by atoms with Crippen LogP contribution in [0, 0.1) is 11.5 Å². The van der Waals surface area contributed by atoms with E-state index in [0.29, 0.717) is 0 Å². The van der Waals surface area contributed by atoms with Crippen molar-refractivity contribution in [1.29, 1.82) is 0 Å². The first kappa shape index (κ1) is 5.54. The molecule has 8 heavy (non-hydrogen) atoms. The predicted molar refractivity (Wildman–Crippen MR) is 38.9 cm³/mol. The van der Waals surface area contributed by atoms with Crippen LogP contribution >= 0.6 is 11.3 Å². The summed E-state index contributed by atoms with van der Waals surface area (Å²) in [4.78, 5) is 3.97. The molecule has 3 heteroatoms. The summed E-state index contributed by atoms with van der Waals surface area (Å²) in [6.45, 7) is 0. The van der Waals surface area contributed by atoms with E-state index in [2.05, 4.69) is 16.4 Å². The predicted octanol–water partition coefficient (Wildman–Crippen LogP) is -0.182. The monoisotopic (exact) mass is 139 g/mol. The third-order valence-electron chi connectivity index (χ3n) is 0.685. The summed E-state index contributed by atoms with van der Waals surface area (Å²) in [7, 11) is 0.939. The lowest BCUT2D eigenvalue weighted by Gasteiger charge is -1.68. The van der Waals surface area contributed by atoms with Crippen molar-refractivity contribution in [1.82, 2.24) is 4.98 Å². The quantitative estimate of drug-likeness (QED) is 0.359. The zero-order valence-electron chi connectivity index (χ0n) is 4.51. The van der Waals surface area contributed by atoms with E-state index in [4.69, 9.17) is 0 Å². The third kappa shape index (κ3) is 1.19. The molecule has 0 fully saturated rings. The van der Waals surface area contributed by atoms with Crippen molar-refractivity contribution >= 4 is 21.6 Å². The van der Waals surface area contributed by atoms with Crippen molar-refractivity contribution < 1.29 is 0 Å². The molecule has 0 saturated heterocycles. The molecule has 40 valence electrons. The summed E-state index contributed by atoms with van der Waals surface area (Å²) in [6, 6.07) is 0. The first-order valence-electron chi connectivity index (χ1n) is 2.24. The number of hydrogen-bond acceptors (Lipinski definition) is 2. The summed E-state index contributed by atoms with van der Waals surface area (Å²) in [5.74, 6) is 2.90. The highest BCUT2D eigenvalue weighted by Gasteiger charge is 1.81. The first-order valence-corrected chi connectivity index (χ1v) is 4.18. The molecule has 1 aromatic heterocycles. The molecule has 0 N–H and O–H groups in total. The van der Waals surface area contributed by atoms with Gasteiger partial charge in [-0.1, -0.05) is 5.92 Å². The Morgan fingerprint density at radius 3 is 3.12 bits per heavy atom. The molecule has 1 rings (SSSR count). The molecule has 0 bridgehead atoms. The SMILES string of the molecule is [SiH3]C#Cc1cscn1. The summed E-state index contributed by atoms with van der Waals surface area (Å²) in [5.41, 5.74) is 5.60. The summed E-state index contributed by atoms with van der Waals surface area (Å²) in [6.07, 6.45) is 0. The zero-order chi connectivity index (χ0) is 5.82. The molecule has 0 spiro atoms. The van der Waals surface area contributed by atoms with E-state index in [-0.39, 0.29) is 0 Å². The fourth-order valence-electron chi connectivity index (χ4n) is 0.402. The topological polar surface area (TPSA) is 12.9 Å². The molecule has 0 aromatic carbocycles. The van der Waals surface area contributed by atoms with Crippen LogP contribution in [0.15, 0.2) is 10.9 Å².